The highest BCUT2D eigenvalue weighted by Gasteiger charge is 2.34. The second kappa shape index (κ2) is 4.33. The highest BCUT2D eigenvalue weighted by molar-refractivity contribution is 5.63. The molecule has 2 rings (SSSR count). The van der Waals surface area contributed by atoms with Gasteiger partial charge in [0, 0.05) is 0 Å². The monoisotopic (exact) mass is 228 g/mol. The van der Waals surface area contributed by atoms with Crippen LogP contribution in [0.1, 0.15) is 57.2 Å². The number of allylic oxidation sites excluding steroid dienone is 1. The molecule has 1 atom stereocenters. The molecular weight excluding hydrogens is 204 g/mol. The van der Waals surface area contributed by atoms with Gasteiger partial charge in [0.2, 0.25) is 0 Å². The molecule has 92 valence electrons. The fraction of sp³-hybridized carbons (Fsp3) is 0.529. The van der Waals surface area contributed by atoms with Gasteiger partial charge in [-0.3, -0.25) is 0 Å². The van der Waals surface area contributed by atoms with Gasteiger partial charge in [0.15, 0.2) is 0 Å². The average molecular weight is 228 g/mol. The molecule has 0 amide bonds. The highest BCUT2D eigenvalue weighted by Crippen LogP contribution is 2.43. The lowest BCUT2D eigenvalue weighted by Crippen LogP contribution is -2.33. The second-order valence-corrected chi connectivity index (χ2v) is 6.08. The van der Waals surface area contributed by atoms with Gasteiger partial charge in [0.25, 0.3) is 0 Å². The number of hydrogen-bond acceptors (Lipinski definition) is 0. The van der Waals surface area contributed by atoms with Crippen molar-refractivity contribution in [3.8, 4) is 0 Å². The van der Waals surface area contributed by atoms with Crippen molar-refractivity contribution in [2.24, 2.45) is 5.92 Å². The van der Waals surface area contributed by atoms with Gasteiger partial charge in [0.05, 0.1) is 0 Å². The van der Waals surface area contributed by atoms with Crippen LogP contribution in [0.2, 0.25) is 0 Å². The zero-order valence-corrected chi connectivity index (χ0v) is 11.6. The van der Waals surface area contributed by atoms with Gasteiger partial charge in [-0.1, -0.05) is 51.1 Å². The largest absolute Gasteiger partial charge is 0.0955 e. The number of aryl methyl sites for hydroxylation is 1. The molecule has 0 spiro atoms. The Kier molecular flexibility index (Phi) is 3.16. The third-order valence-corrected chi connectivity index (χ3v) is 4.63. The topological polar surface area (TPSA) is 0 Å². The Morgan fingerprint density at radius 1 is 1.35 bits per heavy atom. The van der Waals surface area contributed by atoms with E-state index in [1.165, 1.54) is 30.4 Å². The molecule has 0 radical (unpaired) electrons. The Labute approximate surface area is 106 Å². The smallest absolute Gasteiger partial charge is 0.00492 e. The van der Waals surface area contributed by atoms with Crippen molar-refractivity contribution in [3.05, 3.63) is 41.5 Å². The molecule has 1 aliphatic carbocycles. The van der Waals surface area contributed by atoms with Crippen molar-refractivity contribution in [2.75, 3.05) is 0 Å². The summed E-state index contributed by atoms with van der Waals surface area (Å²) >= 11 is 0. The normalized spacial score (nSPS) is 23.6. The highest BCUT2D eigenvalue weighted by atomic mass is 14.4. The maximum atomic E-state index is 4.07. The molecule has 0 saturated heterocycles. The minimum atomic E-state index is 0.346. The van der Waals surface area contributed by atoms with Crippen molar-refractivity contribution in [1.29, 1.82) is 0 Å². The first kappa shape index (κ1) is 12.4. The van der Waals surface area contributed by atoms with Crippen LogP contribution >= 0.6 is 0 Å². The predicted octanol–water partition coefficient (Wildman–Crippen LogP) is 4.97. The quantitative estimate of drug-likeness (QED) is 0.670. The van der Waals surface area contributed by atoms with E-state index >= 15 is 0 Å². The average Bonchev–Trinajstić information content (AvgIpc) is 2.28. The van der Waals surface area contributed by atoms with Gasteiger partial charge in [0.1, 0.15) is 0 Å². The summed E-state index contributed by atoms with van der Waals surface area (Å²) < 4.78 is 0. The van der Waals surface area contributed by atoms with E-state index in [-0.39, 0.29) is 0 Å². The molecule has 0 saturated carbocycles. The van der Waals surface area contributed by atoms with Crippen LogP contribution < -0.4 is 0 Å². The first-order valence-electron chi connectivity index (χ1n) is 6.74. The van der Waals surface area contributed by atoms with Crippen LogP contribution in [0.25, 0.3) is 5.57 Å². The van der Waals surface area contributed by atoms with E-state index in [1.54, 1.807) is 11.1 Å². The third-order valence-electron chi connectivity index (χ3n) is 4.63. The van der Waals surface area contributed by atoms with E-state index in [4.69, 9.17) is 0 Å². The van der Waals surface area contributed by atoms with Crippen LogP contribution in [-0.2, 0) is 11.8 Å². The number of fused-ring (bicyclic) bond motifs is 1. The van der Waals surface area contributed by atoms with Crippen LogP contribution in [0.5, 0.6) is 0 Å². The Balaban J connectivity index is 2.55. The molecule has 0 aromatic heterocycles. The van der Waals surface area contributed by atoms with Crippen molar-refractivity contribution >= 4 is 5.57 Å². The Bertz CT molecular complexity index is 439. The molecular formula is C17H24. The predicted molar refractivity (Wildman–Crippen MR) is 76.3 cm³/mol. The van der Waals surface area contributed by atoms with Crippen LogP contribution in [0.3, 0.4) is 0 Å². The molecule has 0 bridgehead atoms. The Morgan fingerprint density at radius 3 is 2.65 bits per heavy atom. The van der Waals surface area contributed by atoms with Crippen molar-refractivity contribution in [2.45, 2.75) is 52.4 Å². The summed E-state index contributed by atoms with van der Waals surface area (Å²) in [4.78, 5) is 0. The van der Waals surface area contributed by atoms with Gasteiger partial charge >= 0.3 is 0 Å². The summed E-state index contributed by atoms with van der Waals surface area (Å²) in [6, 6.07) is 6.93. The van der Waals surface area contributed by atoms with E-state index in [2.05, 4.69) is 52.5 Å². The molecule has 1 aliphatic rings. The van der Waals surface area contributed by atoms with Crippen LogP contribution in [-0.4, -0.2) is 0 Å². The number of hydrogen-bond donors (Lipinski definition) is 0. The molecule has 1 aromatic rings. The SMILES string of the molecule is C=C(C)c1ccc2c(c1)C(C)(C(C)C)CCC2. The lowest BCUT2D eigenvalue weighted by molar-refractivity contribution is 0.290. The van der Waals surface area contributed by atoms with E-state index in [0.717, 1.165) is 0 Å². The van der Waals surface area contributed by atoms with Gasteiger partial charge in [-0.15, -0.1) is 0 Å². The first-order chi connectivity index (χ1) is 7.95. The van der Waals surface area contributed by atoms with Crippen molar-refractivity contribution < 1.29 is 0 Å². The minimum absolute atomic E-state index is 0.346. The second-order valence-electron chi connectivity index (χ2n) is 6.08. The lowest BCUT2D eigenvalue weighted by Gasteiger charge is -2.40. The van der Waals surface area contributed by atoms with Crippen molar-refractivity contribution in [3.63, 3.8) is 0 Å². The lowest BCUT2D eigenvalue weighted by atomic mass is 9.65. The first-order valence-corrected chi connectivity index (χ1v) is 6.74. The van der Waals surface area contributed by atoms with E-state index in [0.29, 0.717) is 11.3 Å². The molecule has 1 unspecified atom stereocenters. The maximum Gasteiger partial charge on any atom is -0.00492 e. The molecule has 0 nitrogen and oxygen atoms in total. The number of rotatable bonds is 2. The number of benzene rings is 1. The molecule has 0 aliphatic heterocycles. The fourth-order valence-corrected chi connectivity index (χ4v) is 2.97. The third kappa shape index (κ3) is 2.06. The van der Waals surface area contributed by atoms with Gasteiger partial charge in [-0.05, 0) is 54.2 Å². The zero-order chi connectivity index (χ0) is 12.6. The molecule has 0 N–H and O–H groups in total. The van der Waals surface area contributed by atoms with E-state index < -0.39 is 0 Å². The summed E-state index contributed by atoms with van der Waals surface area (Å²) in [5.74, 6) is 0.696. The summed E-state index contributed by atoms with van der Waals surface area (Å²) in [6.07, 6.45) is 3.89. The Hall–Kier alpha value is -1.04. The molecule has 17 heavy (non-hydrogen) atoms. The van der Waals surface area contributed by atoms with Crippen LogP contribution in [0.4, 0.5) is 0 Å². The van der Waals surface area contributed by atoms with Crippen LogP contribution in [0, 0.1) is 5.92 Å². The fourth-order valence-electron chi connectivity index (χ4n) is 2.97. The molecule has 0 fully saturated rings. The molecule has 0 heteroatoms. The van der Waals surface area contributed by atoms with Gasteiger partial charge in [-0.25, -0.2) is 0 Å². The standard InChI is InChI=1S/C17H24/c1-12(2)15-9-8-14-7-6-10-17(5,13(3)4)16(14)11-15/h8-9,11,13H,1,6-7,10H2,2-5H3. The summed E-state index contributed by atoms with van der Waals surface area (Å²) in [6.45, 7) is 13.3. The molecule has 0 heterocycles. The van der Waals surface area contributed by atoms with Crippen molar-refractivity contribution in [1.82, 2.24) is 0 Å². The van der Waals surface area contributed by atoms with Gasteiger partial charge < -0.3 is 0 Å². The minimum Gasteiger partial charge on any atom is -0.0955 e. The zero-order valence-electron chi connectivity index (χ0n) is 11.6. The maximum absolute atomic E-state index is 4.07. The van der Waals surface area contributed by atoms with E-state index in [9.17, 15) is 0 Å². The molecule has 1 aromatic carbocycles. The van der Waals surface area contributed by atoms with Gasteiger partial charge in [-0.2, -0.15) is 0 Å². The summed E-state index contributed by atoms with van der Waals surface area (Å²) in [5, 5.41) is 0. The summed E-state index contributed by atoms with van der Waals surface area (Å²) in [5.41, 5.74) is 5.94. The van der Waals surface area contributed by atoms with E-state index in [1.807, 2.05) is 0 Å². The van der Waals surface area contributed by atoms with Crippen LogP contribution in [0.15, 0.2) is 24.8 Å². The summed E-state index contributed by atoms with van der Waals surface area (Å²) in [7, 11) is 0. The Morgan fingerprint density at radius 2 is 2.06 bits per heavy atom.